The Labute approximate surface area is 93.6 Å². The van der Waals surface area contributed by atoms with Gasteiger partial charge in [0.1, 0.15) is 0 Å². The van der Waals surface area contributed by atoms with Gasteiger partial charge in [0, 0.05) is 0 Å². The van der Waals surface area contributed by atoms with Crippen LogP contribution in [-0.4, -0.2) is 28.8 Å². The van der Waals surface area contributed by atoms with Gasteiger partial charge < -0.3 is 0 Å². The molecule has 0 spiro atoms. The third kappa shape index (κ3) is 2.32. The summed E-state index contributed by atoms with van der Waals surface area (Å²) in [5.41, 5.74) is 1.96. The van der Waals surface area contributed by atoms with E-state index in [0.29, 0.717) is 5.69 Å². The van der Waals surface area contributed by atoms with Gasteiger partial charge in [0.05, 0.1) is 0 Å². The van der Waals surface area contributed by atoms with Gasteiger partial charge in [0.2, 0.25) is 0 Å². The summed E-state index contributed by atoms with van der Waals surface area (Å²) >= 11 is -0.145. The summed E-state index contributed by atoms with van der Waals surface area (Å²) in [5, 5.41) is 2.77. The third-order valence-electron chi connectivity index (χ3n) is 1.90. The van der Waals surface area contributed by atoms with Crippen LogP contribution in [0.1, 0.15) is 16.2 Å². The standard InChI is InChI=1S/C10H9N3OSe/c1-7-9(13-15-12-7)10(14)11-8-5-3-2-4-6-8/h2-6H,1H3,(H,11,14). The molecule has 1 N–H and O–H groups in total. The van der Waals surface area contributed by atoms with Crippen LogP contribution in [0.3, 0.4) is 0 Å². The van der Waals surface area contributed by atoms with Crippen molar-refractivity contribution in [1.82, 2.24) is 7.96 Å². The molecule has 4 nitrogen and oxygen atoms in total. The zero-order chi connectivity index (χ0) is 10.7. The van der Waals surface area contributed by atoms with Crippen molar-refractivity contribution in [2.75, 3.05) is 5.32 Å². The molecule has 1 amide bonds. The number of aryl methyl sites for hydroxylation is 1. The van der Waals surface area contributed by atoms with Crippen LogP contribution in [0.4, 0.5) is 5.69 Å². The first-order valence-electron chi connectivity index (χ1n) is 4.43. The molecule has 0 aliphatic rings. The Bertz CT molecular complexity index is 467. The van der Waals surface area contributed by atoms with Crippen LogP contribution in [0.5, 0.6) is 0 Å². The van der Waals surface area contributed by atoms with E-state index < -0.39 is 0 Å². The fourth-order valence-corrected chi connectivity index (χ4v) is 2.30. The molecular formula is C10H9N3OSe. The quantitative estimate of drug-likeness (QED) is 0.828. The summed E-state index contributed by atoms with van der Waals surface area (Å²) in [4.78, 5) is 11.7. The normalized spacial score (nSPS) is 9.93. The van der Waals surface area contributed by atoms with Crippen molar-refractivity contribution in [3.05, 3.63) is 41.7 Å². The SMILES string of the molecule is Cc1n[se]nc1C(=O)Nc1ccccc1. The first-order chi connectivity index (χ1) is 7.27. The second-order valence-corrected chi connectivity index (χ2v) is 4.13. The van der Waals surface area contributed by atoms with Gasteiger partial charge >= 0.3 is 93.3 Å². The number of carbonyl (C=O) groups is 1. The zero-order valence-electron chi connectivity index (χ0n) is 8.10. The van der Waals surface area contributed by atoms with E-state index >= 15 is 0 Å². The number of nitrogens with zero attached hydrogens (tertiary/aromatic N) is 2. The number of anilines is 1. The van der Waals surface area contributed by atoms with Gasteiger partial charge in [-0.3, -0.25) is 0 Å². The number of hydrogen-bond acceptors (Lipinski definition) is 3. The summed E-state index contributed by atoms with van der Waals surface area (Å²) in [5.74, 6) is -0.179. The number of nitrogens with one attached hydrogen (secondary N) is 1. The number of benzene rings is 1. The second-order valence-electron chi connectivity index (χ2n) is 3.02. The summed E-state index contributed by atoms with van der Waals surface area (Å²) in [6.07, 6.45) is 0. The Hall–Kier alpha value is -1.45. The molecule has 0 bridgehead atoms. The maximum atomic E-state index is 11.7. The Morgan fingerprint density at radius 2 is 2.00 bits per heavy atom. The van der Waals surface area contributed by atoms with E-state index in [1.54, 1.807) is 6.92 Å². The molecule has 1 aromatic heterocycles. The van der Waals surface area contributed by atoms with Gasteiger partial charge in [-0.05, 0) is 0 Å². The maximum absolute atomic E-state index is 11.7. The molecular weight excluding hydrogens is 257 g/mol. The summed E-state index contributed by atoms with van der Waals surface area (Å²) in [7, 11) is 0. The molecule has 0 saturated heterocycles. The zero-order valence-corrected chi connectivity index (χ0v) is 9.81. The van der Waals surface area contributed by atoms with E-state index in [1.165, 1.54) is 0 Å². The topological polar surface area (TPSA) is 54.9 Å². The predicted molar refractivity (Wildman–Crippen MR) is 58.1 cm³/mol. The second kappa shape index (κ2) is 4.38. The molecule has 0 aliphatic heterocycles. The third-order valence-corrected chi connectivity index (χ3v) is 3.20. The van der Waals surface area contributed by atoms with Crippen LogP contribution in [-0.2, 0) is 0 Å². The van der Waals surface area contributed by atoms with E-state index in [0.717, 1.165) is 11.4 Å². The Morgan fingerprint density at radius 3 is 2.60 bits per heavy atom. The molecule has 5 heteroatoms. The fourth-order valence-electron chi connectivity index (χ4n) is 1.15. The van der Waals surface area contributed by atoms with Crippen molar-refractivity contribution in [1.29, 1.82) is 0 Å². The van der Waals surface area contributed by atoms with Crippen molar-refractivity contribution in [3.8, 4) is 0 Å². The Morgan fingerprint density at radius 1 is 1.27 bits per heavy atom. The first-order valence-corrected chi connectivity index (χ1v) is 5.96. The van der Waals surface area contributed by atoms with Gasteiger partial charge in [0.15, 0.2) is 0 Å². The van der Waals surface area contributed by atoms with Crippen molar-refractivity contribution in [3.63, 3.8) is 0 Å². The van der Waals surface area contributed by atoms with Crippen LogP contribution in [0, 0.1) is 6.92 Å². The average Bonchev–Trinajstić information content (AvgIpc) is 2.66. The van der Waals surface area contributed by atoms with Crippen LogP contribution >= 0.6 is 0 Å². The van der Waals surface area contributed by atoms with Gasteiger partial charge in [-0.25, -0.2) is 0 Å². The van der Waals surface area contributed by atoms with Gasteiger partial charge in [-0.15, -0.1) is 0 Å². The molecule has 1 heterocycles. The molecule has 0 radical (unpaired) electrons. The predicted octanol–water partition coefficient (Wildman–Crippen LogP) is 1.09. The molecule has 76 valence electrons. The van der Waals surface area contributed by atoms with Crippen molar-refractivity contribution in [2.45, 2.75) is 6.92 Å². The van der Waals surface area contributed by atoms with Gasteiger partial charge in [-0.2, -0.15) is 0 Å². The van der Waals surface area contributed by atoms with Crippen molar-refractivity contribution >= 4 is 26.6 Å². The molecule has 0 aliphatic carbocycles. The summed E-state index contributed by atoms with van der Waals surface area (Å²) < 4.78 is 8.17. The average molecular weight is 266 g/mol. The first kappa shape index (κ1) is 10.1. The van der Waals surface area contributed by atoms with E-state index in [2.05, 4.69) is 13.3 Å². The molecule has 1 aromatic carbocycles. The molecule has 0 unspecified atom stereocenters. The Kier molecular flexibility index (Phi) is 2.94. The Balaban J connectivity index is 2.15. The molecule has 2 aromatic rings. The van der Waals surface area contributed by atoms with Gasteiger partial charge in [0.25, 0.3) is 0 Å². The molecule has 15 heavy (non-hydrogen) atoms. The number of amides is 1. The van der Waals surface area contributed by atoms with Crippen LogP contribution < -0.4 is 5.32 Å². The monoisotopic (exact) mass is 267 g/mol. The van der Waals surface area contributed by atoms with Crippen LogP contribution in [0.2, 0.25) is 0 Å². The van der Waals surface area contributed by atoms with Crippen LogP contribution in [0.25, 0.3) is 0 Å². The summed E-state index contributed by atoms with van der Waals surface area (Å²) in [6.45, 7) is 1.80. The number of para-hydroxylation sites is 1. The fraction of sp³-hybridized carbons (Fsp3) is 0.100. The summed E-state index contributed by atoms with van der Waals surface area (Å²) in [6, 6.07) is 9.32. The van der Waals surface area contributed by atoms with E-state index in [9.17, 15) is 4.79 Å². The van der Waals surface area contributed by atoms with Crippen LogP contribution in [0.15, 0.2) is 30.3 Å². The molecule has 0 atom stereocenters. The number of rotatable bonds is 2. The number of hydrogen-bond donors (Lipinski definition) is 1. The van der Waals surface area contributed by atoms with E-state index in [1.807, 2.05) is 30.3 Å². The minimum absolute atomic E-state index is 0.145. The number of aromatic nitrogens is 2. The minimum atomic E-state index is -0.179. The number of carbonyl (C=O) groups excluding carboxylic acids is 1. The molecule has 0 saturated carbocycles. The van der Waals surface area contributed by atoms with Gasteiger partial charge in [-0.1, -0.05) is 0 Å². The van der Waals surface area contributed by atoms with Crippen molar-refractivity contribution < 1.29 is 4.79 Å². The molecule has 2 rings (SSSR count). The van der Waals surface area contributed by atoms with E-state index in [4.69, 9.17) is 0 Å². The molecule has 0 fully saturated rings. The van der Waals surface area contributed by atoms with E-state index in [-0.39, 0.29) is 20.9 Å². The van der Waals surface area contributed by atoms with Crippen molar-refractivity contribution in [2.24, 2.45) is 0 Å².